The Morgan fingerprint density at radius 2 is 1.12 bits per heavy atom. The molecule has 0 aliphatic rings. The standard InChI is InChI=1S/C31H24O10/c1-20-18-26(38-28(32)22-8-12-24(13-9-22)39-30(34)36-2)16-17-27(20)41-29(33)23-10-14-25(15-11-23)40-31(35)37-19-21-6-4-3-5-7-21/h3-18H,19H2,1-2H3. The molecule has 0 saturated heterocycles. The van der Waals surface area contributed by atoms with Crippen molar-refractivity contribution in [1.29, 1.82) is 0 Å². The van der Waals surface area contributed by atoms with Gasteiger partial charge >= 0.3 is 24.2 Å². The Balaban J connectivity index is 1.29. The van der Waals surface area contributed by atoms with E-state index in [2.05, 4.69) is 4.74 Å². The zero-order chi connectivity index (χ0) is 29.2. The van der Waals surface area contributed by atoms with E-state index in [0.717, 1.165) is 5.56 Å². The molecule has 0 heterocycles. The van der Waals surface area contributed by atoms with Gasteiger partial charge in [-0.1, -0.05) is 30.3 Å². The van der Waals surface area contributed by atoms with Gasteiger partial charge in [-0.25, -0.2) is 19.2 Å². The fraction of sp³-hybridized carbons (Fsp3) is 0.0968. The number of ether oxygens (including phenoxy) is 6. The van der Waals surface area contributed by atoms with Crippen LogP contribution in [0.4, 0.5) is 9.59 Å². The quantitative estimate of drug-likeness (QED) is 0.139. The number of rotatable bonds is 8. The molecule has 10 heteroatoms. The first-order valence-electron chi connectivity index (χ1n) is 12.2. The van der Waals surface area contributed by atoms with E-state index < -0.39 is 24.2 Å². The Kier molecular flexibility index (Phi) is 9.29. The summed E-state index contributed by atoms with van der Waals surface area (Å²) < 4.78 is 30.4. The molecule has 0 amide bonds. The Hall–Kier alpha value is -5.64. The van der Waals surface area contributed by atoms with Gasteiger partial charge in [0.2, 0.25) is 0 Å². The highest BCUT2D eigenvalue weighted by Gasteiger charge is 2.15. The monoisotopic (exact) mass is 556 g/mol. The van der Waals surface area contributed by atoms with E-state index in [4.69, 9.17) is 23.7 Å². The van der Waals surface area contributed by atoms with Crippen LogP contribution in [-0.4, -0.2) is 31.4 Å². The Labute approximate surface area is 234 Å². The van der Waals surface area contributed by atoms with Crippen molar-refractivity contribution in [3.63, 3.8) is 0 Å². The summed E-state index contributed by atoms with van der Waals surface area (Å²) in [5.74, 6) is -0.353. The van der Waals surface area contributed by atoms with Crippen LogP contribution in [0, 0.1) is 6.92 Å². The summed E-state index contributed by atoms with van der Waals surface area (Å²) in [5.41, 5.74) is 1.83. The number of carbonyl (C=O) groups excluding carboxylic acids is 4. The number of aryl methyl sites for hydroxylation is 1. The lowest BCUT2D eigenvalue weighted by molar-refractivity contribution is 0.0718. The lowest BCUT2D eigenvalue weighted by Crippen LogP contribution is -2.12. The highest BCUT2D eigenvalue weighted by atomic mass is 16.7. The van der Waals surface area contributed by atoms with Crippen LogP contribution < -0.4 is 18.9 Å². The number of methoxy groups -OCH3 is 1. The summed E-state index contributed by atoms with van der Waals surface area (Å²) in [5, 5.41) is 0. The molecule has 4 rings (SSSR count). The van der Waals surface area contributed by atoms with Crippen molar-refractivity contribution in [2.24, 2.45) is 0 Å². The molecule has 0 atom stereocenters. The topological polar surface area (TPSA) is 124 Å². The average molecular weight is 557 g/mol. The number of carbonyl (C=O) groups is 4. The second-order valence-electron chi connectivity index (χ2n) is 8.44. The van der Waals surface area contributed by atoms with Crippen LogP contribution in [-0.2, 0) is 16.1 Å². The van der Waals surface area contributed by atoms with E-state index in [-0.39, 0.29) is 40.7 Å². The van der Waals surface area contributed by atoms with Gasteiger partial charge in [-0.2, -0.15) is 0 Å². The van der Waals surface area contributed by atoms with E-state index in [1.165, 1.54) is 67.8 Å². The first kappa shape index (κ1) is 28.4. The third kappa shape index (κ3) is 8.17. The Morgan fingerprint density at radius 1 is 0.585 bits per heavy atom. The minimum atomic E-state index is -0.876. The smallest absolute Gasteiger partial charge is 0.437 e. The van der Waals surface area contributed by atoms with Gasteiger partial charge in [0, 0.05) is 0 Å². The predicted octanol–water partition coefficient (Wildman–Crippen LogP) is 6.29. The van der Waals surface area contributed by atoms with Crippen molar-refractivity contribution in [3.8, 4) is 23.0 Å². The molecule has 208 valence electrons. The van der Waals surface area contributed by atoms with Crippen LogP contribution in [0.25, 0.3) is 0 Å². The molecular weight excluding hydrogens is 532 g/mol. The predicted molar refractivity (Wildman–Crippen MR) is 144 cm³/mol. The molecule has 0 bridgehead atoms. The third-order valence-electron chi connectivity index (χ3n) is 5.51. The van der Waals surface area contributed by atoms with E-state index in [1.807, 2.05) is 30.3 Å². The zero-order valence-corrected chi connectivity index (χ0v) is 22.0. The van der Waals surface area contributed by atoms with Crippen molar-refractivity contribution >= 4 is 24.2 Å². The lowest BCUT2D eigenvalue weighted by atomic mass is 10.2. The lowest BCUT2D eigenvalue weighted by Gasteiger charge is -2.10. The number of esters is 2. The highest BCUT2D eigenvalue weighted by molar-refractivity contribution is 5.92. The Bertz CT molecular complexity index is 1530. The van der Waals surface area contributed by atoms with Crippen LogP contribution in [0.2, 0.25) is 0 Å². The van der Waals surface area contributed by atoms with Gasteiger partial charge in [-0.3, -0.25) is 0 Å². The second-order valence-corrected chi connectivity index (χ2v) is 8.44. The summed E-state index contributed by atoms with van der Waals surface area (Å²) in [6, 6.07) is 25.2. The van der Waals surface area contributed by atoms with Gasteiger partial charge < -0.3 is 28.4 Å². The molecule has 4 aromatic carbocycles. The van der Waals surface area contributed by atoms with Crippen molar-refractivity contribution < 1.29 is 47.6 Å². The number of hydrogen-bond donors (Lipinski definition) is 0. The first-order valence-corrected chi connectivity index (χ1v) is 12.2. The molecule has 10 nitrogen and oxygen atoms in total. The van der Waals surface area contributed by atoms with Crippen LogP contribution in [0.15, 0.2) is 97.1 Å². The molecule has 0 N–H and O–H groups in total. The maximum absolute atomic E-state index is 12.6. The van der Waals surface area contributed by atoms with E-state index in [0.29, 0.717) is 5.56 Å². The van der Waals surface area contributed by atoms with Gasteiger partial charge in [0.05, 0.1) is 18.2 Å². The van der Waals surface area contributed by atoms with Crippen LogP contribution in [0.5, 0.6) is 23.0 Å². The third-order valence-corrected chi connectivity index (χ3v) is 5.51. The molecule has 0 spiro atoms. The van der Waals surface area contributed by atoms with Crippen molar-refractivity contribution in [2.75, 3.05) is 7.11 Å². The fourth-order valence-electron chi connectivity index (χ4n) is 3.42. The molecule has 0 radical (unpaired) electrons. The molecule has 0 unspecified atom stereocenters. The van der Waals surface area contributed by atoms with E-state index in [9.17, 15) is 19.2 Å². The number of benzene rings is 4. The zero-order valence-electron chi connectivity index (χ0n) is 22.0. The maximum Gasteiger partial charge on any atom is 0.514 e. The van der Waals surface area contributed by atoms with Gasteiger partial charge in [-0.05, 0) is 84.8 Å². The molecule has 0 aliphatic heterocycles. The van der Waals surface area contributed by atoms with Crippen LogP contribution >= 0.6 is 0 Å². The SMILES string of the molecule is COC(=O)Oc1ccc(C(=O)Oc2ccc(OC(=O)c3ccc(OC(=O)OCc4ccccc4)cc3)c(C)c2)cc1. The van der Waals surface area contributed by atoms with E-state index >= 15 is 0 Å². The van der Waals surface area contributed by atoms with Crippen molar-refractivity contribution in [2.45, 2.75) is 13.5 Å². The van der Waals surface area contributed by atoms with Crippen LogP contribution in [0.1, 0.15) is 31.8 Å². The minimum Gasteiger partial charge on any atom is -0.437 e. The highest BCUT2D eigenvalue weighted by Crippen LogP contribution is 2.26. The van der Waals surface area contributed by atoms with Gasteiger partial charge in [-0.15, -0.1) is 0 Å². The molecule has 4 aromatic rings. The Morgan fingerprint density at radius 3 is 1.68 bits per heavy atom. The largest absolute Gasteiger partial charge is 0.514 e. The molecule has 0 aromatic heterocycles. The second kappa shape index (κ2) is 13.4. The molecule has 0 aliphatic carbocycles. The molecule has 0 fully saturated rings. The fourth-order valence-corrected chi connectivity index (χ4v) is 3.42. The minimum absolute atomic E-state index is 0.0719. The first-order chi connectivity index (χ1) is 19.8. The van der Waals surface area contributed by atoms with Crippen molar-refractivity contribution in [3.05, 3.63) is 119 Å². The normalized spacial score (nSPS) is 10.2. The number of hydrogen-bond acceptors (Lipinski definition) is 10. The average Bonchev–Trinajstić information content (AvgIpc) is 2.98. The summed E-state index contributed by atoms with van der Waals surface area (Å²) in [4.78, 5) is 48.2. The summed E-state index contributed by atoms with van der Waals surface area (Å²) in [6.45, 7) is 1.76. The molecule has 41 heavy (non-hydrogen) atoms. The van der Waals surface area contributed by atoms with Gasteiger partial charge in [0.25, 0.3) is 0 Å². The maximum atomic E-state index is 12.6. The summed E-state index contributed by atoms with van der Waals surface area (Å²) in [6.07, 6.45) is -1.75. The van der Waals surface area contributed by atoms with Crippen molar-refractivity contribution in [1.82, 2.24) is 0 Å². The van der Waals surface area contributed by atoms with Crippen LogP contribution in [0.3, 0.4) is 0 Å². The van der Waals surface area contributed by atoms with Gasteiger partial charge in [0.1, 0.15) is 29.6 Å². The molecule has 0 saturated carbocycles. The van der Waals surface area contributed by atoms with Gasteiger partial charge in [0.15, 0.2) is 0 Å². The van der Waals surface area contributed by atoms with E-state index in [1.54, 1.807) is 13.0 Å². The molecular formula is C31H24O10. The summed E-state index contributed by atoms with van der Waals surface area (Å²) >= 11 is 0. The summed E-state index contributed by atoms with van der Waals surface area (Å²) in [7, 11) is 1.19.